The first kappa shape index (κ1) is 8.68. The van der Waals surface area contributed by atoms with E-state index in [9.17, 15) is 4.79 Å². The number of nitrogens with one attached hydrogen (secondary N) is 1. The molecule has 1 fully saturated rings. The number of hydrogen-bond donors (Lipinski definition) is 1. The van der Waals surface area contributed by atoms with Crippen molar-refractivity contribution in [1.82, 2.24) is 10.2 Å². The first-order valence-corrected chi connectivity index (χ1v) is 4.08. The predicted octanol–water partition coefficient (Wildman–Crippen LogP) is -0.273. The molecule has 3 nitrogen and oxygen atoms in total. The molecule has 0 aromatic heterocycles. The van der Waals surface area contributed by atoms with E-state index in [0.29, 0.717) is 12.3 Å². The summed E-state index contributed by atoms with van der Waals surface area (Å²) < 4.78 is 0. The van der Waals surface area contributed by atoms with Crippen LogP contribution in [0, 0.1) is 5.92 Å². The lowest BCUT2D eigenvalue weighted by Gasteiger charge is -2.11. The molecule has 1 N–H and O–H groups in total. The molecule has 0 aromatic rings. The Hall–Kier alpha value is -0.410. The number of Topliss-reactive ketones (excluding diaryl/α,β-unsaturated/α-hetero) is 1. The second-order valence-electron chi connectivity index (χ2n) is 3.39. The van der Waals surface area contributed by atoms with E-state index in [-0.39, 0.29) is 5.92 Å². The first-order chi connectivity index (χ1) is 5.20. The van der Waals surface area contributed by atoms with E-state index in [1.165, 1.54) is 0 Å². The van der Waals surface area contributed by atoms with Gasteiger partial charge >= 0.3 is 0 Å². The van der Waals surface area contributed by atoms with Crippen molar-refractivity contribution < 1.29 is 4.79 Å². The van der Waals surface area contributed by atoms with Crippen LogP contribution in [0.1, 0.15) is 6.42 Å². The Morgan fingerprint density at radius 3 is 2.82 bits per heavy atom. The molecule has 3 heteroatoms. The molecule has 0 spiro atoms. The summed E-state index contributed by atoms with van der Waals surface area (Å²) in [5.74, 6) is 0.650. The molecule has 64 valence electrons. The topological polar surface area (TPSA) is 32.3 Å². The Bertz CT molecular complexity index is 139. The predicted molar refractivity (Wildman–Crippen MR) is 44.5 cm³/mol. The Morgan fingerprint density at radius 2 is 2.36 bits per heavy atom. The molecule has 0 bridgehead atoms. The van der Waals surface area contributed by atoms with Gasteiger partial charge in [-0.3, -0.25) is 4.79 Å². The molecule has 1 saturated heterocycles. The van der Waals surface area contributed by atoms with Gasteiger partial charge in [0.15, 0.2) is 5.78 Å². The number of hydrogen-bond acceptors (Lipinski definition) is 3. The van der Waals surface area contributed by atoms with Crippen LogP contribution in [0.2, 0.25) is 0 Å². The zero-order chi connectivity index (χ0) is 8.27. The molecule has 1 atom stereocenters. The quantitative estimate of drug-likeness (QED) is 0.610. The van der Waals surface area contributed by atoms with E-state index in [4.69, 9.17) is 0 Å². The van der Waals surface area contributed by atoms with Crippen LogP contribution in [0.25, 0.3) is 0 Å². The molecule has 0 saturated carbocycles. The van der Waals surface area contributed by atoms with Gasteiger partial charge in [0.05, 0.1) is 6.54 Å². The lowest BCUT2D eigenvalue weighted by molar-refractivity contribution is -0.122. The molecule has 1 aliphatic heterocycles. The maximum atomic E-state index is 11.4. The third-order valence-electron chi connectivity index (χ3n) is 1.99. The molecular weight excluding hydrogens is 140 g/mol. The first-order valence-electron chi connectivity index (χ1n) is 4.08. The molecule has 1 aliphatic rings. The van der Waals surface area contributed by atoms with Crippen molar-refractivity contribution in [2.45, 2.75) is 6.42 Å². The maximum absolute atomic E-state index is 11.4. The summed E-state index contributed by atoms with van der Waals surface area (Å²) in [5.41, 5.74) is 0. The van der Waals surface area contributed by atoms with Gasteiger partial charge < -0.3 is 10.2 Å². The number of rotatable bonds is 3. The number of ketones is 1. The fourth-order valence-electron chi connectivity index (χ4n) is 1.37. The van der Waals surface area contributed by atoms with Gasteiger partial charge in [-0.05, 0) is 27.1 Å². The van der Waals surface area contributed by atoms with E-state index < -0.39 is 0 Å². The lowest BCUT2D eigenvalue weighted by Crippen LogP contribution is -2.28. The highest BCUT2D eigenvalue weighted by molar-refractivity contribution is 5.83. The molecule has 11 heavy (non-hydrogen) atoms. The molecule has 1 heterocycles. The van der Waals surface area contributed by atoms with Crippen molar-refractivity contribution in [2.24, 2.45) is 5.92 Å². The van der Waals surface area contributed by atoms with Crippen LogP contribution >= 0.6 is 0 Å². The van der Waals surface area contributed by atoms with Crippen molar-refractivity contribution in [3.63, 3.8) is 0 Å². The Kier molecular flexibility index (Phi) is 3.02. The average molecular weight is 156 g/mol. The summed E-state index contributed by atoms with van der Waals surface area (Å²) in [6, 6.07) is 0. The minimum atomic E-state index is 0.275. The zero-order valence-electron chi connectivity index (χ0n) is 7.26. The minimum absolute atomic E-state index is 0.275. The van der Waals surface area contributed by atoms with Crippen molar-refractivity contribution in [3.05, 3.63) is 0 Å². The summed E-state index contributed by atoms with van der Waals surface area (Å²) in [5, 5.41) is 3.19. The molecule has 1 rings (SSSR count). The number of carbonyl (C=O) groups is 1. The standard InChI is InChI=1S/C8H16N2O/c1-10(2)6-8(11)7-3-4-9-5-7/h7,9H,3-6H2,1-2H3. The van der Waals surface area contributed by atoms with Crippen LogP contribution in [0.5, 0.6) is 0 Å². The van der Waals surface area contributed by atoms with Crippen molar-refractivity contribution in [1.29, 1.82) is 0 Å². The molecular formula is C8H16N2O. The van der Waals surface area contributed by atoms with Crippen molar-refractivity contribution >= 4 is 5.78 Å². The smallest absolute Gasteiger partial charge is 0.151 e. The summed E-state index contributed by atoms with van der Waals surface area (Å²) >= 11 is 0. The van der Waals surface area contributed by atoms with Crippen molar-refractivity contribution in [2.75, 3.05) is 33.7 Å². The van der Waals surface area contributed by atoms with Crippen molar-refractivity contribution in [3.8, 4) is 0 Å². The highest BCUT2D eigenvalue weighted by atomic mass is 16.1. The highest BCUT2D eigenvalue weighted by Crippen LogP contribution is 2.08. The highest BCUT2D eigenvalue weighted by Gasteiger charge is 2.21. The summed E-state index contributed by atoms with van der Waals surface area (Å²) in [7, 11) is 3.86. The zero-order valence-corrected chi connectivity index (χ0v) is 7.26. The second kappa shape index (κ2) is 3.83. The van der Waals surface area contributed by atoms with Gasteiger partial charge in [-0.2, -0.15) is 0 Å². The number of nitrogens with zero attached hydrogens (tertiary/aromatic N) is 1. The largest absolute Gasteiger partial charge is 0.316 e. The Labute approximate surface area is 67.8 Å². The van der Waals surface area contributed by atoms with Gasteiger partial charge in [0.25, 0.3) is 0 Å². The van der Waals surface area contributed by atoms with Crippen LogP contribution < -0.4 is 5.32 Å². The Morgan fingerprint density at radius 1 is 1.64 bits per heavy atom. The van der Waals surface area contributed by atoms with E-state index in [0.717, 1.165) is 19.5 Å². The van der Waals surface area contributed by atoms with Gasteiger partial charge in [0.1, 0.15) is 0 Å². The van der Waals surface area contributed by atoms with Gasteiger partial charge in [-0.25, -0.2) is 0 Å². The van der Waals surface area contributed by atoms with Crippen LogP contribution in [0.15, 0.2) is 0 Å². The Balaban J connectivity index is 2.28. The molecule has 0 amide bonds. The fraction of sp³-hybridized carbons (Fsp3) is 0.875. The summed E-state index contributed by atoms with van der Waals surface area (Å²) in [4.78, 5) is 13.3. The summed E-state index contributed by atoms with van der Waals surface area (Å²) in [6.45, 7) is 2.48. The molecule has 0 radical (unpaired) electrons. The van der Waals surface area contributed by atoms with Crippen LogP contribution in [-0.2, 0) is 4.79 Å². The van der Waals surface area contributed by atoms with E-state index in [1.54, 1.807) is 0 Å². The van der Waals surface area contributed by atoms with E-state index >= 15 is 0 Å². The van der Waals surface area contributed by atoms with Gasteiger partial charge in [-0.1, -0.05) is 0 Å². The average Bonchev–Trinajstić information content (AvgIpc) is 2.35. The summed E-state index contributed by atoms with van der Waals surface area (Å²) in [6.07, 6.45) is 1.02. The molecule has 0 aliphatic carbocycles. The maximum Gasteiger partial charge on any atom is 0.151 e. The monoisotopic (exact) mass is 156 g/mol. The third-order valence-corrected chi connectivity index (χ3v) is 1.99. The number of carbonyl (C=O) groups excluding carboxylic acids is 1. The second-order valence-corrected chi connectivity index (χ2v) is 3.39. The third kappa shape index (κ3) is 2.60. The van der Waals surface area contributed by atoms with Gasteiger partial charge in [-0.15, -0.1) is 0 Å². The van der Waals surface area contributed by atoms with E-state index in [1.807, 2.05) is 19.0 Å². The lowest BCUT2D eigenvalue weighted by atomic mass is 10.0. The minimum Gasteiger partial charge on any atom is -0.316 e. The SMILES string of the molecule is CN(C)CC(=O)C1CCNC1. The van der Waals surface area contributed by atoms with Crippen LogP contribution in [0.4, 0.5) is 0 Å². The van der Waals surface area contributed by atoms with Crippen LogP contribution in [0.3, 0.4) is 0 Å². The number of likely N-dealkylation sites (N-methyl/N-ethyl adjacent to an activating group) is 1. The normalized spacial score (nSPS) is 24.5. The molecule has 1 unspecified atom stereocenters. The van der Waals surface area contributed by atoms with Crippen LogP contribution in [-0.4, -0.2) is 44.4 Å². The fourth-order valence-corrected chi connectivity index (χ4v) is 1.37. The van der Waals surface area contributed by atoms with E-state index in [2.05, 4.69) is 5.32 Å². The van der Waals surface area contributed by atoms with Gasteiger partial charge in [0, 0.05) is 12.5 Å². The van der Waals surface area contributed by atoms with Gasteiger partial charge in [0.2, 0.25) is 0 Å². The molecule has 0 aromatic carbocycles.